The van der Waals surface area contributed by atoms with Crippen molar-refractivity contribution in [3.63, 3.8) is 0 Å². The number of esters is 1. The van der Waals surface area contributed by atoms with E-state index in [1.54, 1.807) is 23.8 Å². The summed E-state index contributed by atoms with van der Waals surface area (Å²) in [5.41, 5.74) is 8.58. The molecule has 332 valence electrons. The summed E-state index contributed by atoms with van der Waals surface area (Å²) in [5.74, 6) is -2.19. The SMILES string of the molecule is CC1CC(C(=O)OCCC(=O)N2CCCC2C(=O)N2CCCCC2C(=O)NC(C)C)N(C=O)C1.CNCC(N)=O.Cc1cc(F)cc(F)c1.Cc1ccc(NC=O)cc1C. The molecule has 17 heteroatoms. The molecule has 0 saturated carbocycles. The van der Waals surface area contributed by atoms with Gasteiger partial charge in [0.25, 0.3) is 0 Å². The zero-order valence-corrected chi connectivity index (χ0v) is 35.9. The van der Waals surface area contributed by atoms with Crippen molar-refractivity contribution in [3.8, 4) is 0 Å². The van der Waals surface area contributed by atoms with E-state index in [1.807, 2.05) is 52.8 Å². The number of likely N-dealkylation sites (N-methyl/N-ethyl adjacent to an activating group) is 1. The molecule has 3 fully saturated rings. The highest BCUT2D eigenvalue weighted by atomic mass is 19.1. The van der Waals surface area contributed by atoms with Crippen molar-refractivity contribution in [2.24, 2.45) is 11.7 Å². The number of halogens is 2. The fraction of sp³-hybridized carbons (Fsp3) is 0.558. The predicted molar refractivity (Wildman–Crippen MR) is 223 cm³/mol. The summed E-state index contributed by atoms with van der Waals surface area (Å²) in [5, 5.41) is 8.09. The Bertz CT molecular complexity index is 1710. The number of nitrogens with one attached hydrogen (secondary N) is 3. The van der Waals surface area contributed by atoms with Gasteiger partial charge in [-0.1, -0.05) is 13.0 Å². The number of likely N-dealkylation sites (tertiary alicyclic amines) is 3. The number of carbonyl (C=O) groups is 7. The third-order valence-electron chi connectivity index (χ3n) is 9.98. The Labute approximate surface area is 352 Å². The zero-order chi connectivity index (χ0) is 44.9. The van der Waals surface area contributed by atoms with Gasteiger partial charge in [0, 0.05) is 37.4 Å². The number of nitrogens with zero attached hydrogens (tertiary/aromatic N) is 3. The maximum absolute atomic E-state index is 13.4. The van der Waals surface area contributed by atoms with Crippen molar-refractivity contribution in [1.82, 2.24) is 25.3 Å². The van der Waals surface area contributed by atoms with Gasteiger partial charge in [-0.3, -0.25) is 28.8 Å². The van der Waals surface area contributed by atoms with Crippen LogP contribution in [0.2, 0.25) is 0 Å². The van der Waals surface area contributed by atoms with Crippen molar-refractivity contribution in [2.45, 2.75) is 111 Å². The topological polar surface area (TPSA) is 201 Å². The molecule has 0 spiro atoms. The summed E-state index contributed by atoms with van der Waals surface area (Å²) in [4.78, 5) is 87.0. The molecule has 5 rings (SSSR count). The second kappa shape index (κ2) is 25.9. The lowest BCUT2D eigenvalue weighted by atomic mass is 9.99. The third kappa shape index (κ3) is 17.0. The van der Waals surface area contributed by atoms with Crippen LogP contribution in [0.3, 0.4) is 0 Å². The molecule has 0 aromatic heterocycles. The number of ether oxygens (including phenoxy) is 1. The minimum Gasteiger partial charge on any atom is -0.464 e. The molecule has 3 aliphatic rings. The van der Waals surface area contributed by atoms with E-state index >= 15 is 0 Å². The first kappa shape index (κ1) is 50.7. The van der Waals surface area contributed by atoms with Crippen LogP contribution in [0, 0.1) is 38.3 Å². The molecule has 6 amide bonds. The molecule has 2 aromatic carbocycles. The van der Waals surface area contributed by atoms with Gasteiger partial charge in [0.1, 0.15) is 36.4 Å². The molecule has 2 aromatic rings. The Morgan fingerprint density at radius 2 is 1.53 bits per heavy atom. The molecule has 15 nitrogen and oxygen atoms in total. The minimum absolute atomic E-state index is 0.00954. The molecule has 4 atom stereocenters. The van der Waals surface area contributed by atoms with Crippen LogP contribution in [0.25, 0.3) is 0 Å². The standard InChI is InChI=1S/C24H38N4O6.C9H11NO.C7H6F2.C3H8N2O/c1-16(2)25-22(31)18-7-4-5-10-28(18)23(32)19-8-6-11-27(19)21(30)9-12-34-24(33)20-13-17(3)14-26(20)15-29;1-7-3-4-9(10-6-11)5-8(7)2;1-5-2-6(8)4-7(9)3-5;1-5-2-3(4)6/h15-20H,4-14H2,1-3H3,(H,25,31);3-6H,1-2H3,(H,10,11);2-4H,1H3;5H,2H2,1H3,(H2,4,6). The molecule has 3 heterocycles. The quantitative estimate of drug-likeness (QED) is 0.182. The van der Waals surface area contributed by atoms with Crippen LogP contribution in [0.4, 0.5) is 14.5 Å². The van der Waals surface area contributed by atoms with Gasteiger partial charge in [-0.15, -0.1) is 0 Å². The first-order chi connectivity index (χ1) is 28.4. The maximum Gasteiger partial charge on any atom is 0.328 e. The Hall–Kier alpha value is -5.45. The Morgan fingerprint density at radius 3 is 2.08 bits per heavy atom. The number of carbonyl (C=O) groups excluding carboxylic acids is 7. The Balaban J connectivity index is 0.000000382. The molecule has 0 bridgehead atoms. The average Bonchev–Trinajstić information content (AvgIpc) is 3.83. The highest BCUT2D eigenvalue weighted by molar-refractivity contribution is 5.93. The summed E-state index contributed by atoms with van der Waals surface area (Å²) < 4.78 is 29.7. The summed E-state index contributed by atoms with van der Waals surface area (Å²) in [6.45, 7) is 13.1. The second-order valence-electron chi connectivity index (χ2n) is 15.5. The number of anilines is 1. The molecule has 3 saturated heterocycles. The largest absolute Gasteiger partial charge is 0.464 e. The highest BCUT2D eigenvalue weighted by Gasteiger charge is 2.41. The van der Waals surface area contributed by atoms with Gasteiger partial charge in [0.2, 0.25) is 36.4 Å². The number of hydrogen-bond acceptors (Lipinski definition) is 9. The van der Waals surface area contributed by atoms with Gasteiger partial charge in [0.15, 0.2) is 0 Å². The highest BCUT2D eigenvalue weighted by Crippen LogP contribution is 2.26. The van der Waals surface area contributed by atoms with E-state index in [2.05, 4.69) is 16.0 Å². The molecule has 5 N–H and O–H groups in total. The van der Waals surface area contributed by atoms with Crippen molar-refractivity contribution in [3.05, 3.63) is 64.7 Å². The van der Waals surface area contributed by atoms with E-state index in [1.165, 1.54) is 28.2 Å². The molecule has 0 aliphatic carbocycles. The van der Waals surface area contributed by atoms with Crippen LogP contribution in [0.5, 0.6) is 0 Å². The molecule has 3 aliphatic heterocycles. The van der Waals surface area contributed by atoms with E-state index in [0.29, 0.717) is 63.7 Å². The van der Waals surface area contributed by atoms with Crippen LogP contribution < -0.4 is 21.7 Å². The van der Waals surface area contributed by atoms with E-state index < -0.39 is 35.7 Å². The van der Waals surface area contributed by atoms with Crippen LogP contribution in [0.1, 0.15) is 82.4 Å². The van der Waals surface area contributed by atoms with Gasteiger partial charge in [0.05, 0.1) is 13.0 Å². The van der Waals surface area contributed by atoms with Crippen molar-refractivity contribution in [2.75, 3.05) is 45.2 Å². The van der Waals surface area contributed by atoms with Gasteiger partial charge < -0.3 is 41.1 Å². The summed E-state index contributed by atoms with van der Waals surface area (Å²) in [7, 11) is 1.67. The second-order valence-corrected chi connectivity index (χ2v) is 15.5. The number of nitrogens with two attached hydrogens (primary N) is 1. The summed E-state index contributed by atoms with van der Waals surface area (Å²) in [6.07, 6.45) is 5.51. The van der Waals surface area contributed by atoms with E-state index in [4.69, 9.17) is 10.5 Å². The number of aryl methyl sites for hydroxylation is 3. The van der Waals surface area contributed by atoms with E-state index in [0.717, 1.165) is 24.6 Å². The van der Waals surface area contributed by atoms with Gasteiger partial charge in [-0.2, -0.15) is 0 Å². The number of primary amides is 1. The Morgan fingerprint density at radius 1 is 0.883 bits per heavy atom. The number of benzene rings is 2. The van der Waals surface area contributed by atoms with Gasteiger partial charge in [-0.05, 0) is 127 Å². The van der Waals surface area contributed by atoms with Gasteiger partial charge >= 0.3 is 5.97 Å². The first-order valence-corrected chi connectivity index (χ1v) is 20.3. The van der Waals surface area contributed by atoms with Crippen molar-refractivity contribution in [1.29, 1.82) is 0 Å². The van der Waals surface area contributed by atoms with Crippen LogP contribution in [-0.2, 0) is 38.3 Å². The molecule has 60 heavy (non-hydrogen) atoms. The van der Waals surface area contributed by atoms with Gasteiger partial charge in [-0.25, -0.2) is 13.6 Å². The first-order valence-electron chi connectivity index (χ1n) is 20.3. The van der Waals surface area contributed by atoms with Crippen LogP contribution in [0.15, 0.2) is 36.4 Å². The van der Waals surface area contributed by atoms with Crippen LogP contribution >= 0.6 is 0 Å². The smallest absolute Gasteiger partial charge is 0.328 e. The lowest BCUT2D eigenvalue weighted by molar-refractivity contribution is -0.153. The fourth-order valence-electron chi connectivity index (χ4n) is 7.03. The lowest BCUT2D eigenvalue weighted by Gasteiger charge is -2.38. The molecule has 4 unspecified atom stereocenters. The fourth-order valence-corrected chi connectivity index (χ4v) is 7.03. The van der Waals surface area contributed by atoms with Crippen LogP contribution in [-0.4, -0.2) is 121 Å². The van der Waals surface area contributed by atoms with Crippen molar-refractivity contribution >= 4 is 48.1 Å². The number of rotatable bonds is 12. The number of hydrogen-bond donors (Lipinski definition) is 4. The Kier molecular flexibility index (Phi) is 21.9. The minimum atomic E-state index is -0.600. The molecular weight excluding hydrogens is 781 g/mol. The number of piperidine rings is 1. The zero-order valence-electron chi connectivity index (χ0n) is 35.9. The summed E-state index contributed by atoms with van der Waals surface area (Å²) >= 11 is 0. The monoisotopic (exact) mass is 843 g/mol. The number of amides is 6. The van der Waals surface area contributed by atoms with Crippen molar-refractivity contribution < 1.29 is 47.1 Å². The molecular formula is C43H63F2N7O8. The third-order valence-corrected chi connectivity index (χ3v) is 9.98. The lowest BCUT2D eigenvalue weighted by Crippen LogP contribution is -2.57. The maximum atomic E-state index is 13.4. The normalized spacial score (nSPS) is 19.3. The summed E-state index contributed by atoms with van der Waals surface area (Å²) in [6, 6.07) is 7.54. The average molecular weight is 844 g/mol. The van der Waals surface area contributed by atoms with E-state index in [9.17, 15) is 42.3 Å². The molecule has 0 radical (unpaired) electrons. The predicted octanol–water partition coefficient (Wildman–Crippen LogP) is 3.52. The van der Waals surface area contributed by atoms with E-state index in [-0.39, 0.29) is 55.2 Å².